The topological polar surface area (TPSA) is 212 Å². The summed E-state index contributed by atoms with van der Waals surface area (Å²) in [7, 11) is 0.852. The van der Waals surface area contributed by atoms with Crippen molar-refractivity contribution in [1.82, 2.24) is 0 Å². The zero-order valence-electron chi connectivity index (χ0n) is 29.2. The Hall–Kier alpha value is -4.11. The minimum Gasteiger partial charge on any atom is -0.479 e. The van der Waals surface area contributed by atoms with Gasteiger partial charge in [0.25, 0.3) is 0 Å². The lowest BCUT2D eigenvalue weighted by atomic mass is 9.74. The molecule has 5 unspecified atom stereocenters. The molecule has 0 spiro atoms. The van der Waals surface area contributed by atoms with Crippen molar-refractivity contribution in [2.24, 2.45) is 17.8 Å². The van der Waals surface area contributed by atoms with Crippen LogP contribution in [0.25, 0.3) is 0 Å². The lowest BCUT2D eigenvalue weighted by Crippen LogP contribution is -2.78. The summed E-state index contributed by atoms with van der Waals surface area (Å²) in [6.45, 7) is 13.0. The molecule has 14 nitrogen and oxygen atoms in total. The van der Waals surface area contributed by atoms with Crippen LogP contribution in [0.2, 0.25) is 0 Å². The smallest absolute Gasteiger partial charge is 0.344 e. The van der Waals surface area contributed by atoms with Crippen LogP contribution in [0.5, 0.6) is 0 Å². The first-order chi connectivity index (χ1) is 23.4. The first-order valence-electron chi connectivity index (χ1n) is 16.5. The van der Waals surface area contributed by atoms with Gasteiger partial charge in [0.1, 0.15) is 12.2 Å². The summed E-state index contributed by atoms with van der Waals surface area (Å²) in [6.07, 6.45) is -4.26. The number of carbonyl (C=O) groups excluding carboxylic acids is 3. The van der Waals surface area contributed by atoms with E-state index in [-0.39, 0.29) is 23.8 Å². The number of aliphatic carboxylic acids is 2. The third-order valence-corrected chi connectivity index (χ3v) is 9.48. The van der Waals surface area contributed by atoms with E-state index >= 15 is 0 Å². The Balaban J connectivity index is 2.04. The predicted molar refractivity (Wildman–Crippen MR) is 175 cm³/mol. The fourth-order valence-corrected chi connectivity index (χ4v) is 6.68. The zero-order chi connectivity index (χ0) is 37.6. The highest BCUT2D eigenvalue weighted by atomic mass is 16.8. The summed E-state index contributed by atoms with van der Waals surface area (Å²) in [5.74, 6) is -10.4. The molecule has 0 aromatic heterocycles. The molecule has 0 radical (unpaired) electrons. The Kier molecular flexibility index (Phi) is 13.1. The van der Waals surface area contributed by atoms with E-state index in [0.29, 0.717) is 18.8 Å². The second-order valence-electron chi connectivity index (χ2n) is 13.3. The Morgan fingerprint density at radius 1 is 1.06 bits per heavy atom. The van der Waals surface area contributed by atoms with Crippen LogP contribution >= 0.6 is 0 Å². The van der Waals surface area contributed by atoms with Gasteiger partial charge in [-0.15, -0.1) is 0 Å². The maximum Gasteiger partial charge on any atom is 0.344 e. The molecule has 0 amide bonds. The van der Waals surface area contributed by atoms with Crippen molar-refractivity contribution < 1.29 is 68.1 Å². The summed E-state index contributed by atoms with van der Waals surface area (Å²) >= 11 is 0. The summed E-state index contributed by atoms with van der Waals surface area (Å²) in [6, 6.07) is 9.35. The number of carbonyl (C=O) groups is 5. The number of aliphatic hydroxyl groups excluding tert-OH is 1. The van der Waals surface area contributed by atoms with E-state index < -0.39 is 77.7 Å². The lowest BCUT2D eigenvalue weighted by Gasteiger charge is -2.49. The molecular formula is C36H48O14. The molecule has 0 saturated carbocycles. The molecule has 50 heavy (non-hydrogen) atoms. The first kappa shape index (κ1) is 40.3. The maximum atomic E-state index is 13.1. The largest absolute Gasteiger partial charge is 0.479 e. The molecule has 2 bridgehead atoms. The molecule has 4 N–H and O–H groups in total. The van der Waals surface area contributed by atoms with Crippen molar-refractivity contribution in [3.05, 3.63) is 60.2 Å². The zero-order valence-corrected chi connectivity index (χ0v) is 29.2. The number of allylic oxidation sites excluding steroid dienone is 1. The van der Waals surface area contributed by atoms with E-state index in [1.807, 2.05) is 58.0 Å². The third-order valence-electron chi connectivity index (χ3n) is 9.48. The number of methoxy groups -OCH3 is 1. The molecular weight excluding hydrogens is 656 g/mol. The van der Waals surface area contributed by atoms with Crippen LogP contribution in [-0.2, 0) is 54.1 Å². The normalized spacial score (nSPS) is 29.7. The minimum atomic E-state index is -3.77. The van der Waals surface area contributed by atoms with Gasteiger partial charge in [0.15, 0.2) is 6.10 Å². The van der Waals surface area contributed by atoms with Gasteiger partial charge in [-0.2, -0.15) is 0 Å². The highest BCUT2D eigenvalue weighted by Gasteiger charge is 2.86. The van der Waals surface area contributed by atoms with Gasteiger partial charge in [-0.1, -0.05) is 77.1 Å². The van der Waals surface area contributed by atoms with Crippen molar-refractivity contribution >= 4 is 29.8 Å². The van der Waals surface area contributed by atoms with E-state index in [1.54, 1.807) is 0 Å². The predicted octanol–water partition coefficient (Wildman–Crippen LogP) is 2.97. The van der Waals surface area contributed by atoms with Crippen molar-refractivity contribution in [2.45, 2.75) is 108 Å². The van der Waals surface area contributed by atoms with Crippen LogP contribution in [0.1, 0.15) is 65.9 Å². The Morgan fingerprint density at radius 3 is 2.24 bits per heavy atom. The Bertz CT molecular complexity index is 1460. The fourth-order valence-electron chi connectivity index (χ4n) is 6.68. The number of esters is 3. The molecule has 10 atom stereocenters. The first-order valence-corrected chi connectivity index (χ1v) is 16.5. The molecule has 1 aromatic carbocycles. The fraction of sp³-hybridized carbons (Fsp3) is 0.583. The van der Waals surface area contributed by atoms with Crippen molar-refractivity contribution in [2.75, 3.05) is 7.11 Å². The number of carboxylic acid groups (broad SMARTS) is 2. The van der Waals surface area contributed by atoms with Gasteiger partial charge >= 0.3 is 29.8 Å². The molecule has 0 aliphatic carbocycles. The highest BCUT2D eigenvalue weighted by molar-refractivity contribution is 5.98. The van der Waals surface area contributed by atoms with Crippen molar-refractivity contribution in [3.63, 3.8) is 0 Å². The molecule has 276 valence electrons. The van der Waals surface area contributed by atoms with Crippen molar-refractivity contribution in [1.29, 1.82) is 0 Å². The molecule has 2 aliphatic rings. The van der Waals surface area contributed by atoms with Gasteiger partial charge in [-0.3, -0.25) is 4.79 Å². The number of ether oxygens (including phenoxy) is 5. The number of carboxylic acids is 2. The van der Waals surface area contributed by atoms with E-state index in [0.717, 1.165) is 25.2 Å². The number of rotatable bonds is 17. The number of fused-ring (bicyclic) bond motifs is 2. The number of hydrogen-bond acceptors (Lipinski definition) is 12. The average molecular weight is 705 g/mol. The van der Waals surface area contributed by atoms with Gasteiger partial charge in [-0.25, -0.2) is 19.2 Å². The average Bonchev–Trinajstić information content (AvgIpc) is 3.28. The summed E-state index contributed by atoms with van der Waals surface area (Å²) in [5, 5.41) is 44.1. The summed E-state index contributed by atoms with van der Waals surface area (Å²) in [5.41, 5.74) is -6.02. The highest BCUT2D eigenvalue weighted by Crippen LogP contribution is 2.56. The maximum absolute atomic E-state index is 13.1. The van der Waals surface area contributed by atoms with Crippen LogP contribution in [0.3, 0.4) is 0 Å². The van der Waals surface area contributed by atoms with Crippen LogP contribution in [0, 0.1) is 17.8 Å². The van der Waals surface area contributed by atoms with E-state index in [2.05, 4.69) is 11.3 Å². The minimum absolute atomic E-state index is 0.107. The van der Waals surface area contributed by atoms with Crippen LogP contribution < -0.4 is 0 Å². The Morgan fingerprint density at radius 2 is 1.70 bits per heavy atom. The molecule has 2 saturated heterocycles. The van der Waals surface area contributed by atoms with E-state index in [9.17, 15) is 44.4 Å². The molecule has 2 fully saturated rings. The second kappa shape index (κ2) is 16.3. The summed E-state index contributed by atoms with van der Waals surface area (Å²) in [4.78, 5) is 64.0. The van der Waals surface area contributed by atoms with Crippen LogP contribution in [0.4, 0.5) is 0 Å². The second-order valence-corrected chi connectivity index (χ2v) is 13.3. The van der Waals surface area contributed by atoms with Gasteiger partial charge in [0, 0.05) is 25.3 Å². The van der Waals surface area contributed by atoms with Crippen LogP contribution in [0.15, 0.2) is 54.6 Å². The number of hydrogen-bond donors (Lipinski definition) is 4. The summed E-state index contributed by atoms with van der Waals surface area (Å²) < 4.78 is 27.1. The van der Waals surface area contributed by atoms with Gasteiger partial charge in [-0.05, 0) is 42.2 Å². The standard InChI is InChI=1S/C36H48O14/c1-8-20(2)18-21(3)14-15-26(38)48-29-28(39)34(49-30(31(40)46-7)35(45,32(41)42)36(29,50-34)33(43)44)17-16-22(4)27(47-24(6)37)23(5)19-25-12-10-9-11-13-25/h9-15,20-21,23,27-30,39,45H,4,8,16-19H2,1-3,5-7H3,(H,41,42)(H,43,44)/b15-14+/t20-,21+,23+,27?,28+,29-,30?,34?,35?,36?/m0/s1. The molecule has 2 aliphatic heterocycles. The number of aliphatic hydroxyl groups is 2. The van der Waals surface area contributed by atoms with Crippen molar-refractivity contribution in [3.8, 4) is 0 Å². The monoisotopic (exact) mass is 704 g/mol. The molecule has 14 heteroatoms. The quantitative estimate of drug-likeness (QED) is 0.0795. The molecule has 3 rings (SSSR count). The SMILES string of the molecule is C=C(CCC12OC(C(=O)OC)C(O)(C(=O)O)C(C(=O)O)(O1)[C@@H](OC(=O)/C=C/[C@@H](C)C[C@@H](C)CC)[C@H]2O)C(OC(C)=O)[C@H](C)Cc1ccccc1. The lowest BCUT2D eigenvalue weighted by molar-refractivity contribution is -0.374. The Labute approximate surface area is 291 Å². The van der Waals surface area contributed by atoms with Crippen LogP contribution in [-0.4, -0.2) is 98.8 Å². The van der Waals surface area contributed by atoms with E-state index in [4.69, 9.17) is 18.9 Å². The number of benzene rings is 1. The molecule has 1 aromatic rings. The van der Waals surface area contributed by atoms with Gasteiger partial charge in [0.05, 0.1) is 7.11 Å². The van der Waals surface area contributed by atoms with Gasteiger partial charge in [0.2, 0.25) is 23.1 Å². The third kappa shape index (κ3) is 7.93. The van der Waals surface area contributed by atoms with E-state index in [1.165, 1.54) is 13.0 Å². The molecule has 2 heterocycles. The van der Waals surface area contributed by atoms with Gasteiger partial charge < -0.3 is 44.1 Å².